The van der Waals surface area contributed by atoms with E-state index in [1.165, 1.54) is 18.4 Å². The highest BCUT2D eigenvalue weighted by Gasteiger charge is 2.19. The van der Waals surface area contributed by atoms with Crippen LogP contribution in [0.15, 0.2) is 18.3 Å². The Morgan fingerprint density at radius 3 is 3.05 bits per heavy atom. The molecule has 1 saturated heterocycles. The van der Waals surface area contributed by atoms with Crippen molar-refractivity contribution < 1.29 is 4.74 Å². The van der Waals surface area contributed by atoms with Crippen molar-refractivity contribution in [1.82, 2.24) is 10.3 Å². The number of nitrogens with one attached hydrogen (secondary N) is 1. The monoisotopic (exact) mass is 263 g/mol. The largest absolute Gasteiger partial charge is 0.376 e. The standard InChI is InChI=1S/C15H25N3O/c1-12(16-2)14-8-6-9-17-15(14)18(3)11-13-7-4-5-10-19-13/h6,8-9,12-13,16H,4-5,7,10-11H2,1-3H3. The predicted octanol–water partition coefficient (Wildman–Crippen LogP) is 2.37. The molecule has 0 aromatic carbocycles. The van der Waals surface area contributed by atoms with Crippen LogP contribution in [0.5, 0.6) is 0 Å². The number of likely N-dealkylation sites (N-methyl/N-ethyl adjacent to an activating group) is 1. The van der Waals surface area contributed by atoms with E-state index >= 15 is 0 Å². The number of hydrogen-bond donors (Lipinski definition) is 1. The normalized spacial score (nSPS) is 21.1. The van der Waals surface area contributed by atoms with Crippen LogP contribution in [0.1, 0.15) is 37.8 Å². The van der Waals surface area contributed by atoms with Crippen LogP contribution in [0, 0.1) is 0 Å². The summed E-state index contributed by atoms with van der Waals surface area (Å²) < 4.78 is 5.81. The minimum absolute atomic E-state index is 0.304. The van der Waals surface area contributed by atoms with Crippen molar-refractivity contribution in [3.05, 3.63) is 23.9 Å². The van der Waals surface area contributed by atoms with Crippen molar-refractivity contribution in [3.63, 3.8) is 0 Å². The van der Waals surface area contributed by atoms with Gasteiger partial charge >= 0.3 is 0 Å². The van der Waals surface area contributed by atoms with Gasteiger partial charge in [0.25, 0.3) is 0 Å². The van der Waals surface area contributed by atoms with Gasteiger partial charge in [0.05, 0.1) is 6.10 Å². The highest BCUT2D eigenvalue weighted by Crippen LogP contribution is 2.24. The fourth-order valence-corrected chi connectivity index (χ4v) is 2.57. The van der Waals surface area contributed by atoms with Gasteiger partial charge in [-0.15, -0.1) is 0 Å². The number of nitrogens with zero attached hydrogens (tertiary/aromatic N) is 2. The van der Waals surface area contributed by atoms with Gasteiger partial charge in [0.2, 0.25) is 0 Å². The molecule has 2 atom stereocenters. The van der Waals surface area contributed by atoms with Gasteiger partial charge in [-0.1, -0.05) is 6.07 Å². The maximum atomic E-state index is 5.81. The molecule has 1 aromatic rings. The first-order valence-electron chi connectivity index (χ1n) is 7.17. The summed E-state index contributed by atoms with van der Waals surface area (Å²) in [5.41, 5.74) is 1.24. The Morgan fingerprint density at radius 2 is 2.37 bits per heavy atom. The summed E-state index contributed by atoms with van der Waals surface area (Å²) in [5.74, 6) is 1.05. The van der Waals surface area contributed by atoms with Crippen LogP contribution in [0.4, 0.5) is 5.82 Å². The molecule has 0 saturated carbocycles. The first kappa shape index (κ1) is 14.3. The molecule has 4 nitrogen and oxygen atoms in total. The fraction of sp³-hybridized carbons (Fsp3) is 0.667. The third-order valence-electron chi connectivity index (χ3n) is 3.83. The zero-order valence-electron chi connectivity index (χ0n) is 12.2. The first-order valence-corrected chi connectivity index (χ1v) is 7.17. The number of anilines is 1. The molecule has 0 aliphatic carbocycles. The molecule has 4 heteroatoms. The Morgan fingerprint density at radius 1 is 1.53 bits per heavy atom. The fourth-order valence-electron chi connectivity index (χ4n) is 2.57. The molecule has 2 heterocycles. The van der Waals surface area contributed by atoms with Crippen LogP contribution in [0.2, 0.25) is 0 Å². The van der Waals surface area contributed by atoms with Gasteiger partial charge < -0.3 is 15.0 Å². The maximum Gasteiger partial charge on any atom is 0.133 e. The van der Waals surface area contributed by atoms with E-state index < -0.39 is 0 Å². The summed E-state index contributed by atoms with van der Waals surface area (Å²) in [6, 6.07) is 4.44. The Hall–Kier alpha value is -1.13. The molecule has 0 amide bonds. The smallest absolute Gasteiger partial charge is 0.133 e. The SMILES string of the molecule is CNC(C)c1cccnc1N(C)CC1CCCCO1. The molecular formula is C15H25N3O. The Kier molecular flexibility index (Phi) is 5.16. The van der Waals surface area contributed by atoms with Crippen molar-refractivity contribution in [2.75, 3.05) is 32.1 Å². The second-order valence-corrected chi connectivity index (χ2v) is 5.30. The van der Waals surface area contributed by atoms with E-state index in [2.05, 4.69) is 35.2 Å². The highest BCUT2D eigenvalue weighted by molar-refractivity contribution is 5.47. The van der Waals surface area contributed by atoms with E-state index in [4.69, 9.17) is 4.74 Å². The Balaban J connectivity index is 2.07. The molecule has 1 aromatic heterocycles. The summed E-state index contributed by atoms with van der Waals surface area (Å²) in [7, 11) is 4.08. The first-order chi connectivity index (χ1) is 9.22. The molecule has 0 radical (unpaired) electrons. The van der Waals surface area contributed by atoms with E-state index in [9.17, 15) is 0 Å². The topological polar surface area (TPSA) is 37.4 Å². The van der Waals surface area contributed by atoms with Crippen LogP contribution in [-0.4, -0.2) is 38.3 Å². The molecule has 1 aliphatic rings. The molecule has 2 unspecified atom stereocenters. The van der Waals surface area contributed by atoms with Crippen molar-refractivity contribution >= 4 is 5.82 Å². The average molecular weight is 263 g/mol. The van der Waals surface area contributed by atoms with Gasteiger partial charge in [0.1, 0.15) is 5.82 Å². The number of ether oxygens (including phenoxy) is 1. The average Bonchev–Trinajstić information content (AvgIpc) is 2.47. The molecule has 1 fully saturated rings. The van der Waals surface area contributed by atoms with Crippen molar-refractivity contribution in [1.29, 1.82) is 0 Å². The molecule has 0 bridgehead atoms. The summed E-state index contributed by atoms with van der Waals surface area (Å²) in [6.07, 6.45) is 5.85. The molecule has 19 heavy (non-hydrogen) atoms. The van der Waals surface area contributed by atoms with Crippen molar-refractivity contribution in [2.45, 2.75) is 38.3 Å². The second kappa shape index (κ2) is 6.87. The van der Waals surface area contributed by atoms with Crippen LogP contribution in [-0.2, 0) is 4.74 Å². The van der Waals surface area contributed by atoms with Crippen molar-refractivity contribution in [3.8, 4) is 0 Å². The lowest BCUT2D eigenvalue weighted by Crippen LogP contribution is -2.34. The van der Waals surface area contributed by atoms with E-state index in [-0.39, 0.29) is 0 Å². The van der Waals surface area contributed by atoms with Gasteiger partial charge in [-0.3, -0.25) is 0 Å². The van der Waals surface area contributed by atoms with Gasteiger partial charge in [0, 0.05) is 38.0 Å². The van der Waals surface area contributed by atoms with Gasteiger partial charge in [-0.25, -0.2) is 4.98 Å². The predicted molar refractivity (Wildman–Crippen MR) is 78.6 cm³/mol. The Bertz CT molecular complexity index is 391. The lowest BCUT2D eigenvalue weighted by Gasteiger charge is -2.29. The summed E-state index contributed by atoms with van der Waals surface area (Å²) in [5, 5.41) is 3.28. The van der Waals surface area contributed by atoms with Gasteiger partial charge in [0.15, 0.2) is 0 Å². The summed E-state index contributed by atoms with van der Waals surface area (Å²) in [4.78, 5) is 6.76. The van der Waals surface area contributed by atoms with Gasteiger partial charge in [-0.2, -0.15) is 0 Å². The maximum absolute atomic E-state index is 5.81. The minimum Gasteiger partial charge on any atom is -0.376 e. The second-order valence-electron chi connectivity index (χ2n) is 5.30. The molecule has 106 valence electrons. The third-order valence-corrected chi connectivity index (χ3v) is 3.83. The molecule has 1 aliphatic heterocycles. The zero-order valence-corrected chi connectivity index (χ0v) is 12.2. The van der Waals surface area contributed by atoms with Crippen molar-refractivity contribution in [2.24, 2.45) is 0 Å². The number of aromatic nitrogens is 1. The highest BCUT2D eigenvalue weighted by atomic mass is 16.5. The van der Waals surface area contributed by atoms with Crippen LogP contribution in [0.3, 0.4) is 0 Å². The molecule has 1 N–H and O–H groups in total. The third kappa shape index (κ3) is 3.67. The van der Waals surface area contributed by atoms with Crippen LogP contribution in [0.25, 0.3) is 0 Å². The number of rotatable bonds is 5. The summed E-state index contributed by atoms with van der Waals surface area (Å²) in [6.45, 7) is 3.98. The van der Waals surface area contributed by atoms with Crippen LogP contribution < -0.4 is 10.2 Å². The summed E-state index contributed by atoms with van der Waals surface area (Å²) >= 11 is 0. The molecule has 2 rings (SSSR count). The molecular weight excluding hydrogens is 238 g/mol. The quantitative estimate of drug-likeness (QED) is 0.885. The minimum atomic E-state index is 0.304. The number of hydrogen-bond acceptors (Lipinski definition) is 4. The number of pyridine rings is 1. The molecule has 0 spiro atoms. The van der Waals surface area contributed by atoms with E-state index in [0.29, 0.717) is 12.1 Å². The van der Waals surface area contributed by atoms with E-state index in [1.807, 2.05) is 19.3 Å². The van der Waals surface area contributed by atoms with Gasteiger partial charge in [-0.05, 0) is 39.3 Å². The lowest BCUT2D eigenvalue weighted by molar-refractivity contribution is 0.0215. The zero-order chi connectivity index (χ0) is 13.7. The van der Waals surface area contributed by atoms with Crippen LogP contribution >= 0.6 is 0 Å². The Labute approximate surface area is 116 Å². The van der Waals surface area contributed by atoms with E-state index in [1.54, 1.807) is 0 Å². The van der Waals surface area contributed by atoms with E-state index in [0.717, 1.165) is 25.4 Å². The lowest BCUT2D eigenvalue weighted by atomic mass is 10.1.